The SMILES string of the molecule is COc1cccc2c1C(=O)c1c(O)c3c(c(O)c1C2=O)C[C@@](O)([C@@H](O)CN1CC=CCC1)CC3. The second-order valence-corrected chi connectivity index (χ2v) is 9.26. The summed E-state index contributed by atoms with van der Waals surface area (Å²) in [7, 11) is 1.39. The maximum atomic E-state index is 13.3. The van der Waals surface area contributed by atoms with Crippen molar-refractivity contribution in [3.8, 4) is 17.2 Å². The number of rotatable bonds is 4. The summed E-state index contributed by atoms with van der Waals surface area (Å²) >= 11 is 0. The maximum absolute atomic E-state index is 13.3. The smallest absolute Gasteiger partial charge is 0.202 e. The van der Waals surface area contributed by atoms with E-state index in [4.69, 9.17) is 4.74 Å². The zero-order chi connectivity index (χ0) is 24.2. The summed E-state index contributed by atoms with van der Waals surface area (Å²) in [4.78, 5) is 28.7. The molecule has 34 heavy (non-hydrogen) atoms. The molecule has 8 heteroatoms. The first-order valence-corrected chi connectivity index (χ1v) is 11.4. The van der Waals surface area contributed by atoms with Crippen LogP contribution in [0.25, 0.3) is 0 Å². The van der Waals surface area contributed by atoms with Crippen LogP contribution in [0.4, 0.5) is 0 Å². The zero-order valence-electron chi connectivity index (χ0n) is 18.9. The van der Waals surface area contributed by atoms with Crippen LogP contribution < -0.4 is 4.74 Å². The third-order valence-corrected chi connectivity index (χ3v) is 7.32. The standard InChI is InChI=1S/C26H27NO7/c1-34-17-7-5-6-15-19(17)25(32)21-20(23(15)30)24(31)16-12-26(33,9-8-14(16)22(21)29)18(28)13-27-10-3-2-4-11-27/h2-3,5-7,18,28-29,31,33H,4,8-13H2,1H3/t18-,26+/m0/s1. The highest BCUT2D eigenvalue weighted by atomic mass is 16.5. The minimum Gasteiger partial charge on any atom is -0.507 e. The molecule has 3 aliphatic rings. The van der Waals surface area contributed by atoms with Crippen molar-refractivity contribution >= 4 is 11.6 Å². The lowest BCUT2D eigenvalue weighted by Gasteiger charge is -2.40. The Morgan fingerprint density at radius 1 is 1.06 bits per heavy atom. The molecule has 2 aromatic rings. The highest BCUT2D eigenvalue weighted by molar-refractivity contribution is 6.31. The number of aliphatic hydroxyl groups excluding tert-OH is 1. The van der Waals surface area contributed by atoms with Crippen LogP contribution in [0.2, 0.25) is 0 Å². The van der Waals surface area contributed by atoms with Gasteiger partial charge in [0.25, 0.3) is 0 Å². The summed E-state index contributed by atoms with van der Waals surface area (Å²) in [5, 5.41) is 44.4. The fourth-order valence-corrected chi connectivity index (χ4v) is 5.40. The zero-order valence-corrected chi connectivity index (χ0v) is 18.9. The van der Waals surface area contributed by atoms with Gasteiger partial charge in [-0.3, -0.25) is 14.5 Å². The van der Waals surface area contributed by atoms with Crippen molar-refractivity contribution in [2.24, 2.45) is 0 Å². The molecule has 0 saturated carbocycles. The topological polar surface area (TPSA) is 128 Å². The minimum absolute atomic E-state index is 0.0514. The first-order valence-electron chi connectivity index (χ1n) is 11.4. The molecule has 0 spiro atoms. The van der Waals surface area contributed by atoms with Crippen molar-refractivity contribution in [3.05, 3.63) is 63.7 Å². The van der Waals surface area contributed by atoms with E-state index in [9.17, 15) is 30.0 Å². The molecule has 0 amide bonds. The highest BCUT2D eigenvalue weighted by Crippen LogP contribution is 2.48. The fourth-order valence-electron chi connectivity index (χ4n) is 5.40. The molecule has 178 valence electrons. The number of nitrogens with zero attached hydrogens (tertiary/aromatic N) is 1. The predicted octanol–water partition coefficient (Wildman–Crippen LogP) is 1.72. The number of β-amino-alcohol motifs (C(OH)–C–C–N with tert-alkyl or cyclic N) is 1. The van der Waals surface area contributed by atoms with Gasteiger partial charge in [-0.1, -0.05) is 24.3 Å². The van der Waals surface area contributed by atoms with Gasteiger partial charge in [0.2, 0.25) is 5.78 Å². The Bertz CT molecular complexity index is 1230. The Balaban J connectivity index is 1.55. The third-order valence-electron chi connectivity index (χ3n) is 7.32. The van der Waals surface area contributed by atoms with Crippen LogP contribution >= 0.6 is 0 Å². The number of hydrogen-bond acceptors (Lipinski definition) is 8. The van der Waals surface area contributed by atoms with Crippen molar-refractivity contribution in [1.82, 2.24) is 4.90 Å². The molecule has 0 bridgehead atoms. The van der Waals surface area contributed by atoms with Gasteiger partial charge in [0.1, 0.15) is 17.2 Å². The van der Waals surface area contributed by atoms with E-state index >= 15 is 0 Å². The van der Waals surface area contributed by atoms with Gasteiger partial charge < -0.3 is 25.2 Å². The molecule has 5 rings (SSSR count). The molecule has 4 N–H and O–H groups in total. The number of aromatic hydroxyl groups is 2. The molecule has 0 unspecified atom stereocenters. The number of ketones is 2. The largest absolute Gasteiger partial charge is 0.507 e. The van der Waals surface area contributed by atoms with Gasteiger partial charge in [-0.2, -0.15) is 0 Å². The van der Waals surface area contributed by atoms with Gasteiger partial charge in [-0.05, 0) is 25.3 Å². The summed E-state index contributed by atoms with van der Waals surface area (Å²) in [6.07, 6.45) is 4.00. The van der Waals surface area contributed by atoms with Gasteiger partial charge in [-0.15, -0.1) is 0 Å². The van der Waals surface area contributed by atoms with E-state index in [1.807, 2.05) is 11.0 Å². The second-order valence-electron chi connectivity index (χ2n) is 9.26. The number of aliphatic hydroxyl groups is 2. The number of ether oxygens (including phenoxy) is 1. The highest BCUT2D eigenvalue weighted by Gasteiger charge is 2.45. The molecule has 0 aromatic heterocycles. The monoisotopic (exact) mass is 465 g/mol. The van der Waals surface area contributed by atoms with Gasteiger partial charge in [-0.25, -0.2) is 0 Å². The van der Waals surface area contributed by atoms with E-state index in [-0.39, 0.29) is 65.1 Å². The van der Waals surface area contributed by atoms with E-state index < -0.39 is 29.0 Å². The molecule has 8 nitrogen and oxygen atoms in total. The summed E-state index contributed by atoms with van der Waals surface area (Å²) in [5.74, 6) is -1.79. The predicted molar refractivity (Wildman–Crippen MR) is 123 cm³/mol. The molecular weight excluding hydrogens is 438 g/mol. The summed E-state index contributed by atoms with van der Waals surface area (Å²) in [6.45, 7) is 1.72. The van der Waals surface area contributed by atoms with Crippen LogP contribution in [0.15, 0.2) is 30.4 Å². The van der Waals surface area contributed by atoms with Crippen LogP contribution in [0.1, 0.15) is 55.8 Å². The average Bonchev–Trinajstić information content (AvgIpc) is 2.84. The van der Waals surface area contributed by atoms with Crippen molar-refractivity contribution in [3.63, 3.8) is 0 Å². The van der Waals surface area contributed by atoms with E-state index in [1.165, 1.54) is 13.2 Å². The molecule has 0 radical (unpaired) electrons. The number of methoxy groups -OCH3 is 1. The second kappa shape index (κ2) is 8.23. The van der Waals surface area contributed by atoms with Gasteiger partial charge in [0, 0.05) is 42.7 Å². The first-order chi connectivity index (χ1) is 16.3. The number of phenols is 2. The van der Waals surface area contributed by atoms with Crippen molar-refractivity contribution in [1.29, 1.82) is 0 Å². The van der Waals surface area contributed by atoms with Crippen molar-refractivity contribution < 1.29 is 34.8 Å². The fraction of sp³-hybridized carbons (Fsp3) is 0.385. The Morgan fingerprint density at radius 2 is 1.79 bits per heavy atom. The Hall–Kier alpha value is -3.20. The lowest BCUT2D eigenvalue weighted by molar-refractivity contribution is -0.0935. The van der Waals surface area contributed by atoms with Crippen molar-refractivity contribution in [2.45, 2.75) is 37.4 Å². The summed E-state index contributed by atoms with van der Waals surface area (Å²) in [6, 6.07) is 4.61. The average molecular weight is 466 g/mol. The summed E-state index contributed by atoms with van der Waals surface area (Å²) < 4.78 is 5.26. The molecule has 2 aromatic carbocycles. The number of phenolic OH excluding ortho intramolecular Hbond substituents is 2. The molecule has 2 aliphatic carbocycles. The maximum Gasteiger partial charge on any atom is 0.202 e. The van der Waals surface area contributed by atoms with Gasteiger partial charge in [0.05, 0.1) is 35.5 Å². The Kier molecular flexibility index (Phi) is 5.47. The molecule has 2 atom stereocenters. The van der Waals surface area contributed by atoms with Crippen LogP contribution in [-0.4, -0.2) is 75.3 Å². The summed E-state index contributed by atoms with van der Waals surface area (Å²) in [5.41, 5.74) is -1.43. The van der Waals surface area contributed by atoms with Crippen LogP contribution in [0.5, 0.6) is 17.2 Å². The van der Waals surface area contributed by atoms with Crippen LogP contribution in [0.3, 0.4) is 0 Å². The van der Waals surface area contributed by atoms with Gasteiger partial charge in [0.15, 0.2) is 5.78 Å². The molecule has 0 saturated heterocycles. The molecule has 1 aliphatic heterocycles. The van der Waals surface area contributed by atoms with E-state index in [0.717, 1.165) is 13.0 Å². The minimum atomic E-state index is -1.55. The number of carbonyl (C=O) groups is 2. The lowest BCUT2D eigenvalue weighted by atomic mass is 9.72. The van der Waals surface area contributed by atoms with Crippen LogP contribution in [-0.2, 0) is 12.8 Å². The Labute approximate surface area is 196 Å². The Morgan fingerprint density at radius 3 is 2.50 bits per heavy atom. The van der Waals surface area contributed by atoms with E-state index in [2.05, 4.69) is 6.08 Å². The molecule has 0 fully saturated rings. The first kappa shape index (κ1) is 22.6. The quantitative estimate of drug-likeness (QED) is 0.339. The number of carbonyl (C=O) groups excluding carboxylic acids is 2. The van der Waals surface area contributed by atoms with E-state index in [0.29, 0.717) is 12.1 Å². The molecular formula is C26H27NO7. The molecule has 1 heterocycles. The number of fused-ring (bicyclic) bond motifs is 3. The van der Waals surface area contributed by atoms with Gasteiger partial charge >= 0.3 is 0 Å². The van der Waals surface area contributed by atoms with Crippen molar-refractivity contribution in [2.75, 3.05) is 26.7 Å². The number of hydrogen-bond donors (Lipinski definition) is 4. The lowest BCUT2D eigenvalue weighted by Crippen LogP contribution is -2.52. The normalized spacial score (nSPS) is 22.7. The van der Waals surface area contributed by atoms with Crippen LogP contribution in [0, 0.1) is 0 Å². The third kappa shape index (κ3) is 3.33. The van der Waals surface area contributed by atoms with E-state index in [1.54, 1.807) is 12.1 Å². The number of benzene rings is 2.